The summed E-state index contributed by atoms with van der Waals surface area (Å²) in [6, 6.07) is 18.7. The van der Waals surface area contributed by atoms with Crippen molar-refractivity contribution in [3.8, 4) is 22.9 Å². The van der Waals surface area contributed by atoms with Crippen molar-refractivity contribution in [3.63, 3.8) is 0 Å². The van der Waals surface area contributed by atoms with E-state index >= 15 is 0 Å². The Balaban J connectivity index is 1.77. The molecule has 0 aliphatic rings. The van der Waals surface area contributed by atoms with Crippen LogP contribution in [0.25, 0.3) is 11.3 Å². The van der Waals surface area contributed by atoms with Crippen LogP contribution in [0.4, 0.5) is 0 Å². The van der Waals surface area contributed by atoms with Crippen LogP contribution in [0.3, 0.4) is 0 Å². The Bertz CT molecular complexity index is 877. The highest BCUT2D eigenvalue weighted by Crippen LogP contribution is 2.30. The number of hydrogen-bond acceptors (Lipinski definition) is 5. The van der Waals surface area contributed by atoms with Gasteiger partial charge in [-0.25, -0.2) is 0 Å². The van der Waals surface area contributed by atoms with Crippen molar-refractivity contribution in [2.45, 2.75) is 26.4 Å². The van der Waals surface area contributed by atoms with Gasteiger partial charge in [0.15, 0.2) is 0 Å². The zero-order chi connectivity index (χ0) is 19.2. The molecular weight excluding hydrogens is 338 g/mol. The van der Waals surface area contributed by atoms with Gasteiger partial charge in [-0.1, -0.05) is 35.9 Å². The Morgan fingerprint density at radius 1 is 0.926 bits per heavy atom. The van der Waals surface area contributed by atoms with Crippen molar-refractivity contribution in [2.75, 3.05) is 14.2 Å². The predicted octanol–water partition coefficient (Wildman–Crippen LogP) is 4.32. The Morgan fingerprint density at radius 3 is 2.33 bits per heavy atom. The van der Waals surface area contributed by atoms with Crippen LogP contribution in [-0.2, 0) is 6.54 Å². The number of rotatable bonds is 7. The van der Waals surface area contributed by atoms with Crippen molar-refractivity contribution < 1.29 is 9.47 Å². The average molecular weight is 363 g/mol. The standard InChI is InChI=1S/C22H25N3O2/c1-15-5-8-18(9-6-15)16(2)23-14-17-7-11-21(26-3)19(13-17)20-10-12-22(27-4)25-24-20/h5-13,16,23H,14H2,1-4H3. The number of ether oxygens (including phenoxy) is 2. The molecule has 0 saturated carbocycles. The van der Waals surface area contributed by atoms with E-state index in [4.69, 9.17) is 9.47 Å². The van der Waals surface area contributed by atoms with E-state index in [0.29, 0.717) is 5.88 Å². The van der Waals surface area contributed by atoms with Crippen LogP contribution in [0.15, 0.2) is 54.6 Å². The van der Waals surface area contributed by atoms with Gasteiger partial charge < -0.3 is 14.8 Å². The van der Waals surface area contributed by atoms with Gasteiger partial charge >= 0.3 is 0 Å². The van der Waals surface area contributed by atoms with Crippen LogP contribution < -0.4 is 14.8 Å². The number of aromatic nitrogens is 2. The molecule has 0 amide bonds. The predicted molar refractivity (Wildman–Crippen MR) is 107 cm³/mol. The molecule has 3 aromatic rings. The van der Waals surface area contributed by atoms with Crippen LogP contribution in [0, 0.1) is 6.92 Å². The van der Waals surface area contributed by atoms with Gasteiger partial charge in [0.05, 0.1) is 19.9 Å². The fraction of sp³-hybridized carbons (Fsp3) is 0.273. The minimum Gasteiger partial charge on any atom is -0.496 e. The first-order valence-corrected chi connectivity index (χ1v) is 8.95. The van der Waals surface area contributed by atoms with E-state index in [-0.39, 0.29) is 6.04 Å². The van der Waals surface area contributed by atoms with Gasteiger partial charge in [0.25, 0.3) is 0 Å². The second kappa shape index (κ2) is 8.64. The summed E-state index contributed by atoms with van der Waals surface area (Å²) in [5.41, 5.74) is 5.36. The Hall–Kier alpha value is -2.92. The normalized spacial score (nSPS) is 11.9. The molecule has 0 bridgehead atoms. The van der Waals surface area contributed by atoms with Gasteiger partial charge in [-0.15, -0.1) is 10.2 Å². The van der Waals surface area contributed by atoms with Crippen molar-refractivity contribution in [2.24, 2.45) is 0 Å². The Labute approximate surface area is 160 Å². The first-order valence-electron chi connectivity index (χ1n) is 8.95. The summed E-state index contributed by atoms with van der Waals surface area (Å²) in [6.07, 6.45) is 0. The number of methoxy groups -OCH3 is 2. The van der Waals surface area contributed by atoms with Crippen LogP contribution in [-0.4, -0.2) is 24.4 Å². The highest BCUT2D eigenvalue weighted by molar-refractivity contribution is 5.67. The molecule has 0 aliphatic carbocycles. The van der Waals surface area contributed by atoms with E-state index in [1.807, 2.05) is 12.1 Å². The molecule has 5 nitrogen and oxygen atoms in total. The fourth-order valence-corrected chi connectivity index (χ4v) is 2.88. The van der Waals surface area contributed by atoms with Crippen LogP contribution in [0.5, 0.6) is 11.6 Å². The van der Waals surface area contributed by atoms with Gasteiger partial charge in [-0.3, -0.25) is 0 Å². The number of hydrogen-bond donors (Lipinski definition) is 1. The van der Waals surface area contributed by atoms with Crippen molar-refractivity contribution >= 4 is 0 Å². The smallest absolute Gasteiger partial charge is 0.233 e. The molecule has 1 atom stereocenters. The second-order valence-electron chi connectivity index (χ2n) is 6.51. The third-order valence-corrected chi connectivity index (χ3v) is 4.58. The van der Waals surface area contributed by atoms with Crippen molar-refractivity contribution in [1.29, 1.82) is 0 Å². The maximum absolute atomic E-state index is 5.50. The third-order valence-electron chi connectivity index (χ3n) is 4.58. The molecule has 3 rings (SSSR count). The van der Waals surface area contributed by atoms with E-state index in [1.165, 1.54) is 11.1 Å². The summed E-state index contributed by atoms with van der Waals surface area (Å²) in [5, 5.41) is 11.9. The Morgan fingerprint density at radius 2 is 1.70 bits per heavy atom. The molecule has 0 radical (unpaired) electrons. The summed E-state index contributed by atoms with van der Waals surface area (Å²) in [7, 11) is 3.24. The lowest BCUT2D eigenvalue weighted by Crippen LogP contribution is -2.18. The molecule has 0 aliphatic heterocycles. The minimum atomic E-state index is 0.261. The van der Waals surface area contributed by atoms with E-state index in [1.54, 1.807) is 20.3 Å². The quantitative estimate of drug-likeness (QED) is 0.677. The molecule has 1 aromatic heterocycles. The molecule has 0 fully saturated rings. The molecule has 0 saturated heterocycles. The zero-order valence-corrected chi connectivity index (χ0v) is 16.2. The largest absolute Gasteiger partial charge is 0.496 e. The van der Waals surface area contributed by atoms with Crippen LogP contribution in [0.2, 0.25) is 0 Å². The monoisotopic (exact) mass is 363 g/mol. The maximum atomic E-state index is 5.50. The number of nitrogens with zero attached hydrogens (tertiary/aromatic N) is 2. The molecule has 0 spiro atoms. The number of benzene rings is 2. The third kappa shape index (κ3) is 4.63. The van der Waals surface area contributed by atoms with Crippen LogP contribution >= 0.6 is 0 Å². The molecule has 1 heterocycles. The van der Waals surface area contributed by atoms with Gasteiger partial charge in [-0.05, 0) is 43.2 Å². The van der Waals surface area contributed by atoms with Crippen LogP contribution in [0.1, 0.15) is 29.7 Å². The van der Waals surface area contributed by atoms with Crippen molar-refractivity contribution in [3.05, 3.63) is 71.3 Å². The van der Waals surface area contributed by atoms with E-state index in [0.717, 1.165) is 29.1 Å². The SMILES string of the molecule is COc1ccc(-c2cc(CNC(C)c3ccc(C)cc3)ccc2OC)nn1. The first kappa shape index (κ1) is 18.9. The molecule has 1 unspecified atom stereocenters. The Kier molecular flexibility index (Phi) is 6.04. The molecular formula is C22H25N3O2. The van der Waals surface area contributed by atoms with E-state index in [9.17, 15) is 0 Å². The molecule has 1 N–H and O–H groups in total. The minimum absolute atomic E-state index is 0.261. The fourth-order valence-electron chi connectivity index (χ4n) is 2.88. The maximum Gasteiger partial charge on any atom is 0.233 e. The summed E-state index contributed by atoms with van der Waals surface area (Å²) in [6.45, 7) is 5.02. The van der Waals surface area contributed by atoms with Crippen molar-refractivity contribution in [1.82, 2.24) is 15.5 Å². The molecule has 2 aromatic carbocycles. The lowest BCUT2D eigenvalue weighted by atomic mass is 10.0. The van der Waals surface area contributed by atoms with Gasteiger partial charge in [0, 0.05) is 24.2 Å². The van der Waals surface area contributed by atoms with Gasteiger partial charge in [-0.2, -0.15) is 0 Å². The zero-order valence-electron chi connectivity index (χ0n) is 16.2. The van der Waals surface area contributed by atoms with Gasteiger partial charge in [0.2, 0.25) is 5.88 Å². The first-order chi connectivity index (χ1) is 13.1. The highest BCUT2D eigenvalue weighted by Gasteiger charge is 2.11. The molecule has 27 heavy (non-hydrogen) atoms. The topological polar surface area (TPSA) is 56.3 Å². The summed E-state index contributed by atoms with van der Waals surface area (Å²) < 4.78 is 10.6. The average Bonchev–Trinajstić information content (AvgIpc) is 2.72. The summed E-state index contributed by atoms with van der Waals surface area (Å²) >= 11 is 0. The molecule has 140 valence electrons. The molecule has 5 heteroatoms. The van der Waals surface area contributed by atoms with E-state index in [2.05, 4.69) is 65.8 Å². The summed E-state index contributed by atoms with van der Waals surface area (Å²) in [4.78, 5) is 0. The van der Waals surface area contributed by atoms with Gasteiger partial charge in [0.1, 0.15) is 5.75 Å². The highest BCUT2D eigenvalue weighted by atomic mass is 16.5. The summed E-state index contributed by atoms with van der Waals surface area (Å²) in [5.74, 6) is 1.26. The lowest BCUT2D eigenvalue weighted by Gasteiger charge is -2.16. The number of aryl methyl sites for hydroxylation is 1. The second-order valence-corrected chi connectivity index (χ2v) is 6.51. The lowest BCUT2D eigenvalue weighted by molar-refractivity contribution is 0.392. The van der Waals surface area contributed by atoms with E-state index < -0.39 is 0 Å². The number of nitrogens with one attached hydrogen (secondary N) is 1.